The lowest BCUT2D eigenvalue weighted by Gasteiger charge is -2.34. The van der Waals surface area contributed by atoms with Crippen molar-refractivity contribution in [1.82, 2.24) is 0 Å². The number of halogens is 3. The van der Waals surface area contributed by atoms with Crippen molar-refractivity contribution in [3.05, 3.63) is 93.3 Å². The number of nitrogens with one attached hydrogen (secondary N) is 1. The zero-order chi connectivity index (χ0) is 24.0. The van der Waals surface area contributed by atoms with Gasteiger partial charge in [-0.05, 0) is 47.7 Å². The zero-order valence-corrected chi connectivity index (χ0v) is 19.0. The number of carbonyl (C=O) groups excluding carboxylic acids is 2. The fourth-order valence-corrected chi connectivity index (χ4v) is 5.66. The van der Waals surface area contributed by atoms with Gasteiger partial charge in [0, 0.05) is 35.4 Å². The number of carbonyl (C=O) groups is 2. The smallest absolute Gasteiger partial charge is 0.357 e. The molecular formula is C26H21F3N2O2S. The first-order valence-electron chi connectivity index (χ1n) is 10.9. The summed E-state index contributed by atoms with van der Waals surface area (Å²) in [5.41, 5.74) is 2.07. The fourth-order valence-electron chi connectivity index (χ4n) is 4.83. The standard InChI is InChI=1S/C26H21F3N2O2S/c1-15(32)31-21-6-3-2-5-19(21)30-20-13-17(23-7-4-12-34-23)14-22(33)24(20)25(31)16-8-10-18(11-9-16)26(27,28)29/h2-12,17,25,30H,13-14H2,1H3/t17-,25+/m0/s1. The van der Waals surface area contributed by atoms with E-state index in [0.29, 0.717) is 34.6 Å². The van der Waals surface area contributed by atoms with Crippen LogP contribution in [0.5, 0.6) is 0 Å². The zero-order valence-electron chi connectivity index (χ0n) is 18.2. The monoisotopic (exact) mass is 482 g/mol. The average molecular weight is 483 g/mol. The number of hydrogen-bond acceptors (Lipinski definition) is 4. The van der Waals surface area contributed by atoms with Crippen LogP contribution in [0.2, 0.25) is 0 Å². The van der Waals surface area contributed by atoms with Crippen LogP contribution in [0, 0.1) is 0 Å². The summed E-state index contributed by atoms with van der Waals surface area (Å²) in [6, 6.07) is 15.1. The number of amides is 1. The number of anilines is 2. The predicted octanol–water partition coefficient (Wildman–Crippen LogP) is 6.69. The molecule has 1 amide bonds. The predicted molar refractivity (Wildman–Crippen MR) is 126 cm³/mol. The van der Waals surface area contributed by atoms with E-state index in [0.717, 1.165) is 17.0 Å². The number of thiophene rings is 1. The number of para-hydroxylation sites is 2. The van der Waals surface area contributed by atoms with E-state index < -0.39 is 17.8 Å². The van der Waals surface area contributed by atoms with Gasteiger partial charge in [-0.2, -0.15) is 13.2 Å². The van der Waals surface area contributed by atoms with Crippen molar-refractivity contribution in [1.29, 1.82) is 0 Å². The van der Waals surface area contributed by atoms with Gasteiger partial charge in [-0.15, -0.1) is 11.3 Å². The summed E-state index contributed by atoms with van der Waals surface area (Å²) < 4.78 is 39.6. The summed E-state index contributed by atoms with van der Waals surface area (Å²) >= 11 is 1.59. The molecule has 1 aromatic heterocycles. The minimum absolute atomic E-state index is 0.00282. The second kappa shape index (κ2) is 8.43. The molecule has 4 nitrogen and oxygen atoms in total. The van der Waals surface area contributed by atoms with Crippen LogP contribution in [-0.4, -0.2) is 11.7 Å². The molecule has 34 heavy (non-hydrogen) atoms. The molecule has 0 spiro atoms. The van der Waals surface area contributed by atoms with E-state index in [1.807, 2.05) is 29.6 Å². The molecule has 0 saturated carbocycles. The van der Waals surface area contributed by atoms with Gasteiger partial charge >= 0.3 is 6.18 Å². The Morgan fingerprint density at radius 3 is 2.41 bits per heavy atom. The van der Waals surface area contributed by atoms with E-state index in [1.54, 1.807) is 23.5 Å². The Morgan fingerprint density at radius 2 is 1.76 bits per heavy atom. The number of nitrogens with zero attached hydrogens (tertiary/aromatic N) is 1. The van der Waals surface area contributed by atoms with Crippen molar-refractivity contribution < 1.29 is 22.8 Å². The molecule has 1 aliphatic heterocycles. The number of ketones is 1. The number of rotatable bonds is 2. The Balaban J connectivity index is 1.69. The van der Waals surface area contributed by atoms with Gasteiger partial charge in [0.15, 0.2) is 5.78 Å². The molecule has 2 heterocycles. The average Bonchev–Trinajstić information content (AvgIpc) is 3.28. The lowest BCUT2D eigenvalue weighted by atomic mass is 9.80. The van der Waals surface area contributed by atoms with Crippen molar-refractivity contribution >= 4 is 34.4 Å². The van der Waals surface area contributed by atoms with Crippen LogP contribution >= 0.6 is 11.3 Å². The van der Waals surface area contributed by atoms with Crippen LogP contribution in [0.3, 0.4) is 0 Å². The van der Waals surface area contributed by atoms with Crippen molar-refractivity contribution in [2.45, 2.75) is 37.9 Å². The number of alkyl halides is 3. The van der Waals surface area contributed by atoms with Crippen LogP contribution in [0.15, 0.2) is 77.3 Å². The number of Topliss-reactive ketones (excluding diaryl/α,β-unsaturated/α-hetero) is 1. The second-order valence-electron chi connectivity index (χ2n) is 8.49. The first-order chi connectivity index (χ1) is 16.2. The van der Waals surface area contributed by atoms with Gasteiger partial charge in [0.05, 0.1) is 23.0 Å². The van der Waals surface area contributed by atoms with Crippen molar-refractivity contribution in [3.8, 4) is 0 Å². The maximum absolute atomic E-state index is 13.6. The van der Waals surface area contributed by atoms with Gasteiger partial charge in [0.25, 0.3) is 0 Å². The second-order valence-corrected chi connectivity index (χ2v) is 9.47. The summed E-state index contributed by atoms with van der Waals surface area (Å²) in [6.45, 7) is 1.40. The molecule has 2 aliphatic rings. The van der Waals surface area contributed by atoms with Gasteiger partial charge in [0.2, 0.25) is 5.91 Å². The van der Waals surface area contributed by atoms with E-state index in [9.17, 15) is 22.8 Å². The number of hydrogen-bond donors (Lipinski definition) is 1. The van der Waals surface area contributed by atoms with Gasteiger partial charge in [-0.3, -0.25) is 14.5 Å². The largest absolute Gasteiger partial charge is 0.416 e. The lowest BCUT2D eigenvalue weighted by Crippen LogP contribution is -2.37. The van der Waals surface area contributed by atoms with Crippen molar-refractivity contribution in [2.24, 2.45) is 0 Å². The Morgan fingerprint density at radius 1 is 1.03 bits per heavy atom. The molecule has 2 atom stereocenters. The fraction of sp³-hybridized carbons (Fsp3) is 0.231. The van der Waals surface area contributed by atoms with Crippen molar-refractivity contribution in [2.75, 3.05) is 10.2 Å². The highest BCUT2D eigenvalue weighted by Crippen LogP contribution is 2.48. The quantitative estimate of drug-likeness (QED) is 0.443. The highest BCUT2D eigenvalue weighted by molar-refractivity contribution is 7.10. The molecule has 174 valence electrons. The molecule has 1 aliphatic carbocycles. The third-order valence-corrected chi connectivity index (χ3v) is 7.36. The van der Waals surface area contributed by atoms with Crippen LogP contribution in [0.4, 0.5) is 24.5 Å². The molecule has 0 fully saturated rings. The molecule has 1 N–H and O–H groups in total. The molecule has 0 unspecified atom stereocenters. The first kappa shape index (κ1) is 22.4. The third kappa shape index (κ3) is 3.92. The molecule has 8 heteroatoms. The van der Waals surface area contributed by atoms with Crippen LogP contribution in [-0.2, 0) is 15.8 Å². The minimum Gasteiger partial charge on any atom is -0.357 e. The molecule has 2 aromatic carbocycles. The van der Waals surface area contributed by atoms with Crippen LogP contribution in [0.25, 0.3) is 0 Å². The summed E-state index contributed by atoms with van der Waals surface area (Å²) in [5, 5.41) is 5.37. The highest BCUT2D eigenvalue weighted by atomic mass is 32.1. The summed E-state index contributed by atoms with van der Waals surface area (Å²) in [5.74, 6) is -0.416. The normalized spacial score (nSPS) is 20.4. The van der Waals surface area contributed by atoms with Gasteiger partial charge in [0.1, 0.15) is 0 Å². The number of fused-ring (bicyclic) bond motifs is 1. The third-order valence-electron chi connectivity index (χ3n) is 6.33. The minimum atomic E-state index is -4.48. The highest BCUT2D eigenvalue weighted by Gasteiger charge is 2.41. The SMILES string of the molecule is CC(=O)N1c2ccccc2NC2=C(C(=O)C[C@@H](c3cccs3)C2)[C@H]1c1ccc(C(F)(F)F)cc1. The Labute approximate surface area is 198 Å². The van der Waals surface area contributed by atoms with Gasteiger partial charge in [-0.25, -0.2) is 0 Å². The molecule has 5 rings (SSSR count). The first-order valence-corrected chi connectivity index (χ1v) is 11.7. The lowest BCUT2D eigenvalue weighted by molar-refractivity contribution is -0.137. The molecule has 0 radical (unpaired) electrons. The Bertz CT molecular complexity index is 1280. The van der Waals surface area contributed by atoms with E-state index in [1.165, 1.54) is 24.0 Å². The van der Waals surface area contributed by atoms with Crippen LogP contribution < -0.4 is 10.2 Å². The molecular weight excluding hydrogens is 461 g/mol. The summed E-state index contributed by atoms with van der Waals surface area (Å²) in [4.78, 5) is 29.2. The summed E-state index contributed by atoms with van der Waals surface area (Å²) in [6.07, 6.45) is -3.63. The van der Waals surface area contributed by atoms with E-state index in [4.69, 9.17) is 0 Å². The van der Waals surface area contributed by atoms with E-state index in [2.05, 4.69) is 5.32 Å². The Kier molecular flexibility index (Phi) is 5.56. The van der Waals surface area contributed by atoms with E-state index in [-0.39, 0.29) is 24.0 Å². The molecule has 3 aromatic rings. The maximum Gasteiger partial charge on any atom is 0.416 e. The van der Waals surface area contributed by atoms with Gasteiger partial charge < -0.3 is 5.32 Å². The van der Waals surface area contributed by atoms with E-state index >= 15 is 0 Å². The topological polar surface area (TPSA) is 49.4 Å². The van der Waals surface area contributed by atoms with Gasteiger partial charge in [-0.1, -0.05) is 30.3 Å². The maximum atomic E-state index is 13.6. The number of benzene rings is 2. The number of allylic oxidation sites excluding steroid dienone is 1. The van der Waals surface area contributed by atoms with Crippen molar-refractivity contribution in [3.63, 3.8) is 0 Å². The summed E-state index contributed by atoms with van der Waals surface area (Å²) in [7, 11) is 0. The Hall–Kier alpha value is -3.39. The molecule has 0 bridgehead atoms. The van der Waals surface area contributed by atoms with Crippen LogP contribution in [0.1, 0.15) is 47.7 Å². The molecule has 0 saturated heterocycles.